The van der Waals surface area contributed by atoms with Gasteiger partial charge in [0, 0.05) is 12.1 Å². The van der Waals surface area contributed by atoms with Crippen LogP contribution in [0.15, 0.2) is 21.1 Å². The van der Waals surface area contributed by atoms with Crippen molar-refractivity contribution in [3.8, 4) is 5.75 Å². The van der Waals surface area contributed by atoms with Crippen molar-refractivity contribution in [2.24, 2.45) is 0 Å². The van der Waals surface area contributed by atoms with Crippen molar-refractivity contribution >= 4 is 37.5 Å². The number of halogens is 2. The summed E-state index contributed by atoms with van der Waals surface area (Å²) in [6, 6.07) is 3.02. The Hall–Kier alpha value is -0.620. The summed E-state index contributed by atoms with van der Waals surface area (Å²) >= 11 is 6.36. The molecule has 0 unspecified atom stereocenters. The Morgan fingerprint density at radius 3 is 2.60 bits per heavy atom. The zero-order chi connectivity index (χ0) is 11.4. The summed E-state index contributed by atoms with van der Waals surface area (Å²) in [4.78, 5) is 10.2. The third-order valence-corrected chi connectivity index (χ3v) is 2.91. The maximum atomic E-state index is 10.6. The van der Waals surface area contributed by atoms with Crippen LogP contribution in [0.25, 0.3) is 0 Å². The van der Waals surface area contributed by atoms with Gasteiger partial charge in [-0.2, -0.15) is 0 Å². The molecule has 0 amide bonds. The molecule has 1 aromatic carbocycles. The normalized spacial score (nSPS) is 10.1. The molecule has 4 nitrogen and oxygen atoms in total. The first kappa shape index (κ1) is 12.4. The van der Waals surface area contributed by atoms with Gasteiger partial charge >= 0.3 is 0 Å². The number of rotatable bonds is 4. The first-order chi connectivity index (χ1) is 7.06. The van der Waals surface area contributed by atoms with Gasteiger partial charge in [0.15, 0.2) is 0 Å². The van der Waals surface area contributed by atoms with Crippen LogP contribution in [0.4, 0.5) is 5.69 Å². The van der Waals surface area contributed by atoms with Gasteiger partial charge in [-0.25, -0.2) is 0 Å². The molecule has 15 heavy (non-hydrogen) atoms. The van der Waals surface area contributed by atoms with Crippen molar-refractivity contribution in [1.82, 2.24) is 0 Å². The second-order valence-corrected chi connectivity index (χ2v) is 4.55. The number of benzene rings is 1. The molecule has 0 radical (unpaired) electrons. The third kappa shape index (κ3) is 3.17. The van der Waals surface area contributed by atoms with Crippen molar-refractivity contribution in [3.05, 3.63) is 31.2 Å². The lowest BCUT2D eigenvalue weighted by Crippen LogP contribution is -1.97. The molecule has 0 saturated heterocycles. The Labute approximate surface area is 104 Å². The molecular formula is C9H9Br2NO3. The summed E-state index contributed by atoms with van der Waals surface area (Å²) in [5.41, 5.74) is 0.0192. The van der Waals surface area contributed by atoms with Gasteiger partial charge in [0.25, 0.3) is 5.69 Å². The van der Waals surface area contributed by atoms with Crippen molar-refractivity contribution in [3.63, 3.8) is 0 Å². The summed E-state index contributed by atoms with van der Waals surface area (Å²) in [6.07, 6.45) is 0.890. The van der Waals surface area contributed by atoms with E-state index in [1.807, 2.05) is 6.92 Å². The Kier molecular flexibility index (Phi) is 4.53. The lowest BCUT2D eigenvalue weighted by Gasteiger charge is -2.07. The topological polar surface area (TPSA) is 52.4 Å². The van der Waals surface area contributed by atoms with Gasteiger partial charge in [-0.05, 0) is 38.3 Å². The first-order valence-electron chi connectivity index (χ1n) is 4.32. The number of hydrogen-bond donors (Lipinski definition) is 0. The predicted octanol–water partition coefficient (Wildman–Crippen LogP) is 3.91. The molecule has 0 fully saturated rings. The fourth-order valence-electron chi connectivity index (χ4n) is 0.981. The van der Waals surface area contributed by atoms with Crippen LogP contribution in [0.5, 0.6) is 5.75 Å². The molecule has 1 aromatic rings. The zero-order valence-corrected chi connectivity index (χ0v) is 11.2. The highest BCUT2D eigenvalue weighted by atomic mass is 79.9. The molecule has 0 saturated carbocycles. The van der Waals surface area contributed by atoms with E-state index in [2.05, 4.69) is 31.9 Å². The van der Waals surface area contributed by atoms with E-state index in [4.69, 9.17) is 4.74 Å². The summed E-state index contributed by atoms with van der Waals surface area (Å²) in [7, 11) is 0. The smallest absolute Gasteiger partial charge is 0.284 e. The molecule has 0 aliphatic carbocycles. The number of hydrogen-bond acceptors (Lipinski definition) is 3. The summed E-state index contributed by atoms with van der Waals surface area (Å²) < 4.78 is 6.41. The summed E-state index contributed by atoms with van der Waals surface area (Å²) in [5, 5.41) is 10.6. The number of nitrogens with zero attached hydrogens (tertiary/aromatic N) is 1. The standard InChI is InChI=1S/C9H9Br2NO3/c1-2-3-15-9-5-6(10)8(12(13)14)4-7(9)11/h4-5H,2-3H2,1H3. The van der Waals surface area contributed by atoms with Gasteiger partial charge < -0.3 is 4.74 Å². The van der Waals surface area contributed by atoms with E-state index in [0.29, 0.717) is 21.3 Å². The van der Waals surface area contributed by atoms with Crippen LogP contribution in [0.3, 0.4) is 0 Å². The van der Waals surface area contributed by atoms with Crippen LogP contribution in [-0.4, -0.2) is 11.5 Å². The van der Waals surface area contributed by atoms with Crippen LogP contribution in [0.2, 0.25) is 0 Å². The Morgan fingerprint density at radius 2 is 2.07 bits per heavy atom. The SMILES string of the molecule is CCCOc1cc(Br)c([N+](=O)[O-])cc1Br. The third-order valence-electron chi connectivity index (χ3n) is 1.66. The largest absolute Gasteiger partial charge is 0.492 e. The van der Waals surface area contributed by atoms with Gasteiger partial charge in [0.05, 0.1) is 20.5 Å². The highest BCUT2D eigenvalue weighted by molar-refractivity contribution is 9.11. The van der Waals surface area contributed by atoms with E-state index in [9.17, 15) is 10.1 Å². The van der Waals surface area contributed by atoms with E-state index in [-0.39, 0.29) is 5.69 Å². The predicted molar refractivity (Wildman–Crippen MR) is 64.3 cm³/mol. The molecule has 82 valence electrons. The van der Waals surface area contributed by atoms with Gasteiger partial charge in [0.2, 0.25) is 0 Å². The van der Waals surface area contributed by atoms with Crippen LogP contribution in [-0.2, 0) is 0 Å². The minimum atomic E-state index is -0.446. The second kappa shape index (κ2) is 5.46. The average molecular weight is 339 g/mol. The molecule has 0 bridgehead atoms. The van der Waals surface area contributed by atoms with E-state index in [1.54, 1.807) is 6.07 Å². The van der Waals surface area contributed by atoms with Crippen LogP contribution in [0, 0.1) is 10.1 Å². The number of ether oxygens (including phenoxy) is 1. The highest BCUT2D eigenvalue weighted by Gasteiger charge is 2.15. The lowest BCUT2D eigenvalue weighted by atomic mass is 10.3. The Bertz CT molecular complexity index is 382. The van der Waals surface area contributed by atoms with Crippen LogP contribution < -0.4 is 4.74 Å². The minimum absolute atomic E-state index is 0.0192. The van der Waals surface area contributed by atoms with E-state index < -0.39 is 4.92 Å². The fourth-order valence-corrected chi connectivity index (χ4v) is 1.89. The van der Waals surface area contributed by atoms with Gasteiger partial charge in [0.1, 0.15) is 5.75 Å². The molecular weight excluding hydrogens is 330 g/mol. The van der Waals surface area contributed by atoms with E-state index in [0.717, 1.165) is 6.42 Å². The summed E-state index contributed by atoms with van der Waals surface area (Å²) in [6.45, 7) is 2.58. The lowest BCUT2D eigenvalue weighted by molar-refractivity contribution is -0.385. The zero-order valence-electron chi connectivity index (χ0n) is 8.00. The van der Waals surface area contributed by atoms with Crippen LogP contribution >= 0.6 is 31.9 Å². The van der Waals surface area contributed by atoms with E-state index >= 15 is 0 Å². The Morgan fingerprint density at radius 1 is 1.40 bits per heavy atom. The number of nitro benzene ring substituents is 1. The molecule has 1 rings (SSSR count). The Balaban J connectivity index is 3.02. The molecule has 6 heteroatoms. The molecule has 0 aliphatic rings. The molecule has 0 N–H and O–H groups in total. The molecule has 0 aromatic heterocycles. The van der Waals surface area contributed by atoms with Gasteiger partial charge in [-0.3, -0.25) is 10.1 Å². The van der Waals surface area contributed by atoms with Crippen molar-refractivity contribution in [1.29, 1.82) is 0 Å². The maximum absolute atomic E-state index is 10.6. The van der Waals surface area contributed by atoms with Gasteiger partial charge in [-0.15, -0.1) is 0 Å². The second-order valence-electron chi connectivity index (χ2n) is 2.84. The molecule has 0 atom stereocenters. The monoisotopic (exact) mass is 337 g/mol. The van der Waals surface area contributed by atoms with Crippen molar-refractivity contribution < 1.29 is 9.66 Å². The molecule has 0 spiro atoms. The maximum Gasteiger partial charge on any atom is 0.284 e. The van der Waals surface area contributed by atoms with E-state index in [1.165, 1.54) is 6.07 Å². The quantitative estimate of drug-likeness (QED) is 0.617. The van der Waals surface area contributed by atoms with Crippen molar-refractivity contribution in [2.75, 3.05) is 6.61 Å². The highest BCUT2D eigenvalue weighted by Crippen LogP contribution is 2.35. The average Bonchev–Trinajstić information content (AvgIpc) is 2.18. The van der Waals surface area contributed by atoms with Gasteiger partial charge in [-0.1, -0.05) is 6.92 Å². The van der Waals surface area contributed by atoms with Crippen LogP contribution in [0.1, 0.15) is 13.3 Å². The van der Waals surface area contributed by atoms with Crippen molar-refractivity contribution in [2.45, 2.75) is 13.3 Å². The fraction of sp³-hybridized carbons (Fsp3) is 0.333. The first-order valence-corrected chi connectivity index (χ1v) is 5.91. The number of nitro groups is 1. The molecule has 0 heterocycles. The molecule has 0 aliphatic heterocycles. The summed E-state index contributed by atoms with van der Waals surface area (Å²) in [5.74, 6) is 0.606. The minimum Gasteiger partial charge on any atom is -0.492 e.